The summed E-state index contributed by atoms with van der Waals surface area (Å²) in [5, 5.41) is 20.8. The Labute approximate surface area is 208 Å². The Hall–Kier alpha value is -1.46. The molecule has 2 N–H and O–H groups in total. The maximum atomic E-state index is 12.5. The molecule has 1 unspecified atom stereocenters. The standard InChI is InChI=1S/C29H50O5/c1-4-6-10-14-23(18-20-24(30)15-11-7-5-2)19-21-26-25(27(31)22-28(26)32)16-12-8-9-13-17-29(33)34-3/h18-21,23-26,28,30,32H,4-17,22H2,1-3H3/t23-,24?,25+,26-,28-/m1/s1. The van der Waals surface area contributed by atoms with Crippen LogP contribution in [-0.2, 0) is 14.3 Å². The number of ether oxygens (including phenoxy) is 1. The molecule has 0 heterocycles. The van der Waals surface area contributed by atoms with Crippen molar-refractivity contribution >= 4 is 11.8 Å². The molecule has 196 valence electrons. The fourth-order valence-corrected chi connectivity index (χ4v) is 4.81. The van der Waals surface area contributed by atoms with Crippen LogP contribution in [0.4, 0.5) is 0 Å². The summed E-state index contributed by atoms with van der Waals surface area (Å²) in [7, 11) is 1.41. The van der Waals surface area contributed by atoms with Crippen LogP contribution in [0.2, 0.25) is 0 Å². The van der Waals surface area contributed by atoms with Gasteiger partial charge in [0.1, 0.15) is 5.78 Å². The smallest absolute Gasteiger partial charge is 0.305 e. The molecule has 0 amide bonds. The number of methoxy groups -OCH3 is 1. The van der Waals surface area contributed by atoms with E-state index in [1.54, 1.807) is 0 Å². The molecule has 5 heteroatoms. The number of ketones is 1. The highest BCUT2D eigenvalue weighted by atomic mass is 16.5. The van der Waals surface area contributed by atoms with E-state index in [-0.39, 0.29) is 35.9 Å². The number of carbonyl (C=O) groups excluding carboxylic acids is 2. The number of rotatable bonds is 19. The highest BCUT2D eigenvalue weighted by Crippen LogP contribution is 2.35. The van der Waals surface area contributed by atoms with Gasteiger partial charge in [0.05, 0.1) is 19.3 Å². The van der Waals surface area contributed by atoms with Crippen molar-refractivity contribution in [3.05, 3.63) is 24.3 Å². The maximum absolute atomic E-state index is 12.5. The van der Waals surface area contributed by atoms with Crippen LogP contribution >= 0.6 is 0 Å². The molecule has 1 aliphatic carbocycles. The predicted octanol–water partition coefficient (Wildman–Crippen LogP) is 6.32. The quantitative estimate of drug-likeness (QED) is 0.129. The lowest BCUT2D eigenvalue weighted by Crippen LogP contribution is -2.19. The Morgan fingerprint density at radius 1 is 0.971 bits per heavy atom. The summed E-state index contributed by atoms with van der Waals surface area (Å²) in [5.41, 5.74) is 0. The van der Waals surface area contributed by atoms with E-state index in [0.29, 0.717) is 6.42 Å². The van der Waals surface area contributed by atoms with Crippen LogP contribution in [0.15, 0.2) is 24.3 Å². The molecule has 0 bridgehead atoms. The fourth-order valence-electron chi connectivity index (χ4n) is 4.81. The highest BCUT2D eigenvalue weighted by Gasteiger charge is 2.39. The van der Waals surface area contributed by atoms with Gasteiger partial charge >= 0.3 is 5.97 Å². The molecule has 1 rings (SSSR count). The Morgan fingerprint density at radius 3 is 2.32 bits per heavy atom. The third kappa shape index (κ3) is 12.9. The van der Waals surface area contributed by atoms with Gasteiger partial charge in [-0.25, -0.2) is 0 Å². The molecule has 1 fully saturated rings. The number of unbranched alkanes of at least 4 members (excludes halogenated alkanes) is 7. The molecule has 0 spiro atoms. The average Bonchev–Trinajstić information content (AvgIpc) is 3.09. The van der Waals surface area contributed by atoms with Gasteiger partial charge in [-0.1, -0.05) is 95.9 Å². The lowest BCUT2D eigenvalue weighted by molar-refractivity contribution is -0.140. The first-order valence-electron chi connectivity index (χ1n) is 13.7. The van der Waals surface area contributed by atoms with Crippen LogP contribution in [0.1, 0.15) is 110 Å². The molecule has 1 aliphatic rings. The first-order valence-corrected chi connectivity index (χ1v) is 13.7. The highest BCUT2D eigenvalue weighted by molar-refractivity contribution is 5.84. The minimum atomic E-state index is -0.604. The van der Waals surface area contributed by atoms with Crippen molar-refractivity contribution in [2.75, 3.05) is 7.11 Å². The zero-order valence-electron chi connectivity index (χ0n) is 21.9. The van der Waals surface area contributed by atoms with Gasteiger partial charge in [-0.3, -0.25) is 9.59 Å². The van der Waals surface area contributed by atoms with E-state index in [9.17, 15) is 19.8 Å². The molecule has 0 aromatic rings. The van der Waals surface area contributed by atoms with Crippen LogP contribution in [0, 0.1) is 17.8 Å². The van der Waals surface area contributed by atoms with Crippen LogP contribution in [0.3, 0.4) is 0 Å². The third-order valence-corrected chi connectivity index (χ3v) is 7.01. The number of hydrogen-bond acceptors (Lipinski definition) is 5. The van der Waals surface area contributed by atoms with Crippen molar-refractivity contribution in [1.82, 2.24) is 0 Å². The Kier molecular flexibility index (Phi) is 16.9. The summed E-state index contributed by atoms with van der Waals surface area (Å²) in [6, 6.07) is 0. The van der Waals surface area contributed by atoms with Gasteiger partial charge < -0.3 is 14.9 Å². The number of hydrogen-bond donors (Lipinski definition) is 2. The van der Waals surface area contributed by atoms with E-state index in [0.717, 1.165) is 77.0 Å². The number of Topliss-reactive ketones (excluding diaryl/α,β-unsaturated/α-hetero) is 1. The minimum absolute atomic E-state index is 0.119. The lowest BCUT2D eigenvalue weighted by Gasteiger charge is -2.18. The van der Waals surface area contributed by atoms with E-state index >= 15 is 0 Å². The average molecular weight is 479 g/mol. The second-order valence-electron chi connectivity index (χ2n) is 9.94. The Morgan fingerprint density at radius 2 is 1.65 bits per heavy atom. The minimum Gasteiger partial charge on any atom is -0.469 e. The van der Waals surface area contributed by atoms with Crippen molar-refractivity contribution in [2.24, 2.45) is 17.8 Å². The second kappa shape index (κ2) is 18.8. The van der Waals surface area contributed by atoms with Gasteiger partial charge in [-0.15, -0.1) is 0 Å². The molecule has 0 radical (unpaired) electrons. The number of allylic oxidation sites excluding steroid dienone is 2. The summed E-state index contributed by atoms with van der Waals surface area (Å²) < 4.78 is 4.67. The maximum Gasteiger partial charge on any atom is 0.305 e. The molecule has 0 saturated heterocycles. The van der Waals surface area contributed by atoms with Gasteiger partial charge in [0, 0.05) is 24.7 Å². The summed E-state index contributed by atoms with van der Waals surface area (Å²) in [5.74, 6) is -0.0309. The second-order valence-corrected chi connectivity index (χ2v) is 9.94. The molecule has 0 aliphatic heterocycles. The molecule has 5 nitrogen and oxygen atoms in total. The van der Waals surface area contributed by atoms with E-state index in [4.69, 9.17) is 0 Å². The third-order valence-electron chi connectivity index (χ3n) is 7.01. The van der Waals surface area contributed by atoms with Crippen LogP contribution in [0.25, 0.3) is 0 Å². The molecular formula is C29H50O5. The van der Waals surface area contributed by atoms with Crippen LogP contribution < -0.4 is 0 Å². The van der Waals surface area contributed by atoms with Crippen molar-refractivity contribution in [3.63, 3.8) is 0 Å². The van der Waals surface area contributed by atoms with Gasteiger partial charge in [-0.2, -0.15) is 0 Å². The Bertz CT molecular complexity index is 612. The monoisotopic (exact) mass is 478 g/mol. The summed E-state index contributed by atoms with van der Waals surface area (Å²) in [6.45, 7) is 4.36. The van der Waals surface area contributed by atoms with Crippen LogP contribution in [-0.4, -0.2) is 41.3 Å². The zero-order valence-corrected chi connectivity index (χ0v) is 21.9. The van der Waals surface area contributed by atoms with Crippen molar-refractivity contribution in [2.45, 2.75) is 122 Å². The van der Waals surface area contributed by atoms with E-state index in [2.05, 4.69) is 36.8 Å². The van der Waals surface area contributed by atoms with Crippen molar-refractivity contribution in [3.8, 4) is 0 Å². The van der Waals surface area contributed by atoms with Gasteiger partial charge in [0.15, 0.2) is 0 Å². The lowest BCUT2D eigenvalue weighted by atomic mass is 9.87. The molecule has 0 aromatic carbocycles. The van der Waals surface area contributed by atoms with Crippen LogP contribution in [0.5, 0.6) is 0 Å². The normalized spacial score (nSPS) is 22.6. The molecule has 1 saturated carbocycles. The number of esters is 1. The zero-order chi connectivity index (χ0) is 25.2. The SMILES string of the molecule is CCCCCC(O)C=C[C@H](C=C[C@H]1[C@H](O)CC(=O)[C@H]1CCCCCCC(=O)OC)CCCCC. The van der Waals surface area contributed by atoms with Gasteiger partial charge in [-0.05, 0) is 31.6 Å². The predicted molar refractivity (Wildman–Crippen MR) is 138 cm³/mol. The van der Waals surface area contributed by atoms with Gasteiger partial charge in [0.2, 0.25) is 0 Å². The van der Waals surface area contributed by atoms with Gasteiger partial charge in [0.25, 0.3) is 0 Å². The molecule has 5 atom stereocenters. The largest absolute Gasteiger partial charge is 0.469 e. The van der Waals surface area contributed by atoms with E-state index in [1.807, 2.05) is 6.08 Å². The Balaban J connectivity index is 2.64. The first-order chi connectivity index (χ1) is 16.4. The first kappa shape index (κ1) is 30.6. The fraction of sp³-hybridized carbons (Fsp3) is 0.793. The van der Waals surface area contributed by atoms with E-state index < -0.39 is 12.2 Å². The van der Waals surface area contributed by atoms with Crippen molar-refractivity contribution < 1.29 is 24.5 Å². The number of aliphatic hydroxyl groups excluding tert-OH is 2. The van der Waals surface area contributed by atoms with Crippen molar-refractivity contribution in [1.29, 1.82) is 0 Å². The molecule has 0 aromatic heterocycles. The summed E-state index contributed by atoms with van der Waals surface area (Å²) in [6.07, 6.45) is 21.0. The van der Waals surface area contributed by atoms with E-state index in [1.165, 1.54) is 13.5 Å². The summed E-state index contributed by atoms with van der Waals surface area (Å²) >= 11 is 0. The topological polar surface area (TPSA) is 83.8 Å². The molecule has 34 heavy (non-hydrogen) atoms. The number of aliphatic hydroxyl groups is 2. The number of carbonyl (C=O) groups is 2. The molecular weight excluding hydrogens is 428 g/mol. The summed E-state index contributed by atoms with van der Waals surface area (Å²) in [4.78, 5) is 23.7.